The summed E-state index contributed by atoms with van der Waals surface area (Å²) >= 11 is 0. The summed E-state index contributed by atoms with van der Waals surface area (Å²) in [6.07, 6.45) is 3.53. The van der Waals surface area contributed by atoms with Gasteiger partial charge in [-0.15, -0.1) is 0 Å². The van der Waals surface area contributed by atoms with Gasteiger partial charge in [0.1, 0.15) is 11.5 Å². The van der Waals surface area contributed by atoms with Gasteiger partial charge < -0.3 is 9.84 Å². The smallest absolute Gasteiger partial charge is 0.138 e. The Morgan fingerprint density at radius 1 is 1.33 bits per heavy atom. The van der Waals surface area contributed by atoms with Gasteiger partial charge in [0.25, 0.3) is 0 Å². The molecule has 3 heteroatoms. The highest BCUT2D eigenvalue weighted by Gasteiger charge is 2.24. The molecule has 0 unspecified atom stereocenters. The molecule has 0 bridgehead atoms. The summed E-state index contributed by atoms with van der Waals surface area (Å²) < 4.78 is 5.45. The normalized spacial score (nSPS) is 15.6. The zero-order valence-corrected chi connectivity index (χ0v) is 10.5. The van der Waals surface area contributed by atoms with Gasteiger partial charge in [0, 0.05) is 11.3 Å². The van der Waals surface area contributed by atoms with E-state index in [1.54, 1.807) is 6.07 Å². The van der Waals surface area contributed by atoms with Crippen molar-refractivity contribution < 1.29 is 9.84 Å². The molecule has 1 aliphatic carbocycles. The van der Waals surface area contributed by atoms with Crippen LogP contribution in [-0.2, 0) is 0 Å². The summed E-state index contributed by atoms with van der Waals surface area (Å²) in [7, 11) is 0. The molecule has 1 aromatic heterocycles. The Hall–Kier alpha value is -1.77. The van der Waals surface area contributed by atoms with Gasteiger partial charge in [-0.3, -0.25) is 0 Å². The van der Waals surface area contributed by atoms with E-state index >= 15 is 0 Å². The lowest BCUT2D eigenvalue weighted by Crippen LogP contribution is -2.10. The maximum Gasteiger partial charge on any atom is 0.138 e. The van der Waals surface area contributed by atoms with E-state index in [0.717, 1.165) is 35.2 Å². The first kappa shape index (κ1) is 11.3. The average Bonchev–Trinajstić information content (AvgIpc) is 2.28. The summed E-state index contributed by atoms with van der Waals surface area (Å²) in [6.45, 7) is 2.60. The second kappa shape index (κ2) is 4.48. The molecule has 3 nitrogen and oxygen atoms in total. The van der Waals surface area contributed by atoms with Gasteiger partial charge in [0.15, 0.2) is 0 Å². The van der Waals surface area contributed by atoms with Crippen molar-refractivity contribution in [1.29, 1.82) is 0 Å². The quantitative estimate of drug-likeness (QED) is 0.895. The van der Waals surface area contributed by atoms with Crippen molar-refractivity contribution in [3.8, 4) is 11.5 Å². The summed E-state index contributed by atoms with van der Waals surface area (Å²) in [5.74, 6) is 1.59. The first-order valence-electron chi connectivity index (χ1n) is 6.54. The van der Waals surface area contributed by atoms with E-state index in [1.165, 1.54) is 6.42 Å². The van der Waals surface area contributed by atoms with Crippen LogP contribution >= 0.6 is 0 Å². The molecule has 1 fully saturated rings. The second-order valence-electron chi connectivity index (χ2n) is 4.81. The van der Waals surface area contributed by atoms with Crippen molar-refractivity contribution in [1.82, 2.24) is 4.98 Å². The largest absolute Gasteiger partial charge is 0.506 e. The van der Waals surface area contributed by atoms with Gasteiger partial charge in [-0.25, -0.2) is 4.98 Å². The predicted octanol–water partition coefficient (Wildman–Crippen LogP) is 3.61. The SMILES string of the molecule is CCOc1ccc2nc(C3CCC3)c(O)cc2c1. The molecule has 0 radical (unpaired) electrons. The summed E-state index contributed by atoms with van der Waals surface area (Å²) in [5, 5.41) is 11.0. The number of hydrogen-bond acceptors (Lipinski definition) is 3. The van der Waals surface area contributed by atoms with Crippen LogP contribution in [0.3, 0.4) is 0 Å². The number of nitrogens with zero attached hydrogens (tertiary/aromatic N) is 1. The molecule has 1 N–H and O–H groups in total. The minimum absolute atomic E-state index is 0.320. The number of benzene rings is 1. The third-order valence-electron chi connectivity index (χ3n) is 3.60. The minimum atomic E-state index is 0.320. The fraction of sp³-hybridized carbons (Fsp3) is 0.400. The number of rotatable bonds is 3. The maximum absolute atomic E-state index is 10.1. The zero-order chi connectivity index (χ0) is 12.5. The molecule has 1 aliphatic rings. The Morgan fingerprint density at radius 2 is 2.17 bits per heavy atom. The topological polar surface area (TPSA) is 42.4 Å². The van der Waals surface area contributed by atoms with Gasteiger partial charge in [0.2, 0.25) is 0 Å². The van der Waals surface area contributed by atoms with E-state index in [2.05, 4.69) is 4.98 Å². The maximum atomic E-state index is 10.1. The molecule has 94 valence electrons. The molecule has 0 amide bonds. The van der Waals surface area contributed by atoms with Crippen LogP contribution in [0, 0.1) is 0 Å². The molecule has 18 heavy (non-hydrogen) atoms. The lowest BCUT2D eigenvalue weighted by molar-refractivity contribution is 0.340. The van der Waals surface area contributed by atoms with E-state index in [-0.39, 0.29) is 0 Å². The summed E-state index contributed by atoms with van der Waals surface area (Å²) in [6, 6.07) is 7.62. The molecule has 3 rings (SSSR count). The molecular formula is C15H17NO2. The van der Waals surface area contributed by atoms with Crippen LogP contribution in [0.4, 0.5) is 0 Å². The third kappa shape index (κ3) is 1.90. The van der Waals surface area contributed by atoms with Crippen LogP contribution in [-0.4, -0.2) is 16.7 Å². The van der Waals surface area contributed by atoms with E-state index in [1.807, 2.05) is 25.1 Å². The van der Waals surface area contributed by atoms with E-state index in [9.17, 15) is 5.11 Å². The van der Waals surface area contributed by atoms with Gasteiger partial charge >= 0.3 is 0 Å². The Labute approximate surface area is 106 Å². The fourth-order valence-electron chi connectivity index (χ4n) is 2.40. The fourth-order valence-corrected chi connectivity index (χ4v) is 2.40. The van der Waals surface area contributed by atoms with Crippen molar-refractivity contribution in [3.05, 3.63) is 30.0 Å². The molecule has 0 aliphatic heterocycles. The van der Waals surface area contributed by atoms with Gasteiger partial charge in [0.05, 0.1) is 17.8 Å². The van der Waals surface area contributed by atoms with Crippen molar-refractivity contribution >= 4 is 10.9 Å². The van der Waals surface area contributed by atoms with Crippen LogP contribution in [0.25, 0.3) is 10.9 Å². The third-order valence-corrected chi connectivity index (χ3v) is 3.60. The van der Waals surface area contributed by atoms with Crippen LogP contribution in [0.5, 0.6) is 11.5 Å². The molecule has 1 heterocycles. The molecular weight excluding hydrogens is 226 g/mol. The Bertz CT molecular complexity index is 576. The molecule has 1 aromatic carbocycles. The van der Waals surface area contributed by atoms with Crippen LogP contribution in [0.2, 0.25) is 0 Å². The van der Waals surface area contributed by atoms with E-state index < -0.39 is 0 Å². The number of fused-ring (bicyclic) bond motifs is 1. The van der Waals surface area contributed by atoms with Gasteiger partial charge in [-0.1, -0.05) is 6.42 Å². The molecule has 2 aromatic rings. The second-order valence-corrected chi connectivity index (χ2v) is 4.81. The standard InChI is InChI=1S/C15H17NO2/c1-2-18-12-6-7-13-11(8-12)9-14(17)15(16-13)10-4-3-5-10/h6-10,17H,2-5H2,1H3. The van der Waals surface area contributed by atoms with Crippen molar-refractivity contribution in [2.45, 2.75) is 32.1 Å². The average molecular weight is 243 g/mol. The van der Waals surface area contributed by atoms with Gasteiger partial charge in [-0.2, -0.15) is 0 Å². The Morgan fingerprint density at radius 3 is 2.83 bits per heavy atom. The summed E-state index contributed by atoms with van der Waals surface area (Å²) in [5.41, 5.74) is 1.79. The number of aromatic hydroxyl groups is 1. The highest BCUT2D eigenvalue weighted by Crippen LogP contribution is 2.40. The van der Waals surface area contributed by atoms with Crippen molar-refractivity contribution in [3.63, 3.8) is 0 Å². The van der Waals surface area contributed by atoms with Crippen LogP contribution < -0.4 is 4.74 Å². The zero-order valence-electron chi connectivity index (χ0n) is 10.5. The summed E-state index contributed by atoms with van der Waals surface area (Å²) in [4.78, 5) is 4.59. The molecule has 1 saturated carbocycles. The highest BCUT2D eigenvalue weighted by atomic mass is 16.5. The predicted molar refractivity (Wildman–Crippen MR) is 71.2 cm³/mol. The minimum Gasteiger partial charge on any atom is -0.506 e. The number of pyridine rings is 1. The number of ether oxygens (including phenoxy) is 1. The highest BCUT2D eigenvalue weighted by molar-refractivity contribution is 5.82. The lowest BCUT2D eigenvalue weighted by Gasteiger charge is -2.25. The molecule has 0 saturated heterocycles. The van der Waals surface area contributed by atoms with Crippen molar-refractivity contribution in [2.24, 2.45) is 0 Å². The lowest BCUT2D eigenvalue weighted by atomic mass is 9.82. The van der Waals surface area contributed by atoms with Crippen molar-refractivity contribution in [2.75, 3.05) is 6.61 Å². The van der Waals surface area contributed by atoms with Crippen LogP contribution in [0.1, 0.15) is 37.8 Å². The molecule has 0 spiro atoms. The first-order chi connectivity index (χ1) is 8.78. The Balaban J connectivity index is 2.04. The van der Waals surface area contributed by atoms with Gasteiger partial charge in [-0.05, 0) is 44.0 Å². The number of aromatic nitrogens is 1. The van der Waals surface area contributed by atoms with E-state index in [4.69, 9.17) is 4.74 Å². The Kier molecular flexibility index (Phi) is 2.82. The van der Waals surface area contributed by atoms with E-state index in [0.29, 0.717) is 18.3 Å². The van der Waals surface area contributed by atoms with Crippen LogP contribution in [0.15, 0.2) is 24.3 Å². The first-order valence-corrected chi connectivity index (χ1v) is 6.54. The molecule has 0 atom stereocenters. The number of hydrogen-bond donors (Lipinski definition) is 1. The monoisotopic (exact) mass is 243 g/mol.